The number of benzene rings is 3. The molecule has 0 radical (unpaired) electrons. The van der Waals surface area contributed by atoms with Crippen molar-refractivity contribution in [1.29, 1.82) is 0 Å². The van der Waals surface area contributed by atoms with Gasteiger partial charge in [0.2, 0.25) is 20.7 Å². The van der Waals surface area contributed by atoms with Crippen LogP contribution in [0.25, 0.3) is 31.3 Å². The highest BCUT2D eigenvalue weighted by Gasteiger charge is 2.37. The lowest BCUT2D eigenvalue weighted by Gasteiger charge is -2.14. The van der Waals surface area contributed by atoms with E-state index in [4.69, 9.17) is 36.7 Å². The van der Waals surface area contributed by atoms with Crippen molar-refractivity contribution in [2.24, 2.45) is 0 Å². The molecule has 8 nitrogen and oxygen atoms in total. The Morgan fingerprint density at radius 1 is 0.684 bits per heavy atom. The highest BCUT2D eigenvalue weighted by molar-refractivity contribution is 7.86. The zero-order valence-corrected chi connectivity index (χ0v) is 22.5. The number of halogens is 3. The molecule has 0 spiro atoms. The Bertz CT molecular complexity index is 1480. The number of fused-ring (bicyclic) bond motifs is 2. The molecular weight excluding hydrogens is 549 g/mol. The minimum absolute atomic E-state index is 0.741. The number of ether oxygens (including phenoxy) is 5. The zero-order valence-electron chi connectivity index (χ0n) is 20.8. The molecule has 4 rings (SSSR count). The fourth-order valence-corrected chi connectivity index (χ4v) is 4.83. The minimum Gasteiger partial charge on any atom is -0.741 e. The fourth-order valence-electron chi connectivity index (χ4n) is 3.63. The lowest BCUT2D eigenvalue weighted by Crippen LogP contribution is -2.21. The molecule has 1 aromatic heterocycles. The van der Waals surface area contributed by atoms with Crippen molar-refractivity contribution < 1.29 is 49.8 Å². The highest BCUT2D eigenvalue weighted by atomic mass is 32.2. The van der Waals surface area contributed by atoms with Crippen LogP contribution in [0.4, 0.5) is 13.2 Å². The maximum absolute atomic E-state index is 10.7. The van der Waals surface area contributed by atoms with Crippen molar-refractivity contribution in [3.05, 3.63) is 48.5 Å². The van der Waals surface area contributed by atoms with Gasteiger partial charge in [-0.3, -0.25) is 0 Å². The zero-order chi connectivity index (χ0) is 28.3. The summed E-state index contributed by atoms with van der Waals surface area (Å²) in [4.78, 5) is 0. The maximum atomic E-state index is 10.7. The molecule has 0 bridgehead atoms. The van der Waals surface area contributed by atoms with Gasteiger partial charge in [0, 0.05) is 29.8 Å². The van der Waals surface area contributed by atoms with Crippen molar-refractivity contribution in [3.63, 3.8) is 0 Å². The molecule has 4 aromatic rings. The van der Waals surface area contributed by atoms with Crippen LogP contribution < -0.4 is 23.7 Å². The van der Waals surface area contributed by atoms with E-state index in [1.807, 2.05) is 48.5 Å². The minimum atomic E-state index is -6.09. The molecule has 0 amide bonds. The second kappa shape index (κ2) is 11.5. The summed E-state index contributed by atoms with van der Waals surface area (Å²) in [6.45, 7) is 0. The second-order valence-electron chi connectivity index (χ2n) is 7.51. The third-order valence-electron chi connectivity index (χ3n) is 5.37. The van der Waals surface area contributed by atoms with E-state index in [0.717, 1.165) is 60.0 Å². The van der Waals surface area contributed by atoms with Gasteiger partial charge in [-0.15, -0.1) is 0 Å². The van der Waals surface area contributed by atoms with Crippen LogP contribution in [0.15, 0.2) is 48.5 Å². The van der Waals surface area contributed by atoms with Gasteiger partial charge < -0.3 is 28.2 Å². The first-order chi connectivity index (χ1) is 17.9. The summed E-state index contributed by atoms with van der Waals surface area (Å²) in [5.74, 6) is 3.77. The molecule has 13 heteroatoms. The van der Waals surface area contributed by atoms with Gasteiger partial charge in [-0.05, 0) is 17.7 Å². The molecule has 0 atom stereocenters. The van der Waals surface area contributed by atoms with Crippen molar-refractivity contribution in [1.82, 2.24) is 0 Å². The fraction of sp³-hybridized carbons (Fsp3) is 0.240. The van der Waals surface area contributed by atoms with E-state index in [1.165, 1.54) is 0 Å². The Kier molecular flexibility index (Phi) is 8.75. The van der Waals surface area contributed by atoms with E-state index in [0.29, 0.717) is 0 Å². The van der Waals surface area contributed by atoms with Crippen molar-refractivity contribution in [2.75, 3.05) is 35.5 Å². The molecule has 0 aliphatic heterocycles. The summed E-state index contributed by atoms with van der Waals surface area (Å²) >= 11 is 1.64. The lowest BCUT2D eigenvalue weighted by atomic mass is 9.97. The Morgan fingerprint density at radius 3 is 1.39 bits per heavy atom. The average molecular weight is 573 g/mol. The third-order valence-corrected chi connectivity index (χ3v) is 7.02. The normalized spacial score (nSPS) is 11.5. The smallest absolute Gasteiger partial charge is 0.485 e. The van der Waals surface area contributed by atoms with E-state index in [1.54, 1.807) is 46.9 Å². The predicted octanol–water partition coefficient (Wildman–Crippen LogP) is 6.10. The molecule has 0 N–H and O–H groups in total. The van der Waals surface area contributed by atoms with Crippen LogP contribution in [0, 0.1) is 0 Å². The standard InChI is InChI=1S/C24H23O5S.CHF3O3S/c1-25-15-8-6-14(7-9-15)22-23-18(28-4)10-16(26-2)12-20(23)30-21-13-17(27-3)11-19(29-5)24(21)22;2-1(3,4)8(5,6)7/h6-13H,1-5H3;(H,5,6,7)/q+1;/p-1. The number of methoxy groups -OCH3 is 5. The van der Waals surface area contributed by atoms with Gasteiger partial charge in [0.15, 0.2) is 10.1 Å². The molecule has 0 saturated carbocycles. The Balaban J connectivity index is 0.000000436. The van der Waals surface area contributed by atoms with Gasteiger partial charge in [-0.1, -0.05) is 12.1 Å². The maximum Gasteiger partial charge on any atom is 0.485 e. The Morgan fingerprint density at radius 2 is 1.08 bits per heavy atom. The third kappa shape index (κ3) is 5.95. The molecule has 1 heterocycles. The van der Waals surface area contributed by atoms with Crippen molar-refractivity contribution in [3.8, 4) is 39.9 Å². The van der Waals surface area contributed by atoms with Crippen molar-refractivity contribution >= 4 is 41.6 Å². The first-order valence-corrected chi connectivity index (χ1v) is 12.8. The van der Waals surface area contributed by atoms with Gasteiger partial charge in [-0.25, -0.2) is 8.42 Å². The van der Waals surface area contributed by atoms with Crippen LogP contribution in [-0.4, -0.2) is 54.0 Å². The summed E-state index contributed by atoms with van der Waals surface area (Å²) in [7, 11) is 2.23. The summed E-state index contributed by atoms with van der Waals surface area (Å²) in [5.41, 5.74) is -3.58. The summed E-state index contributed by atoms with van der Waals surface area (Å²) in [5, 5.41) is 2.01. The van der Waals surface area contributed by atoms with E-state index < -0.39 is 15.6 Å². The molecule has 0 saturated heterocycles. The van der Waals surface area contributed by atoms with Crippen LogP contribution in [0.3, 0.4) is 0 Å². The highest BCUT2D eigenvalue weighted by Crippen LogP contribution is 2.49. The van der Waals surface area contributed by atoms with E-state index >= 15 is 0 Å². The summed E-state index contributed by atoms with van der Waals surface area (Å²) < 4.78 is 88.9. The lowest BCUT2D eigenvalue weighted by molar-refractivity contribution is -0.0517. The molecule has 0 unspecified atom stereocenters. The predicted molar refractivity (Wildman–Crippen MR) is 138 cm³/mol. The largest absolute Gasteiger partial charge is 0.741 e. The van der Waals surface area contributed by atoms with Gasteiger partial charge in [0.25, 0.3) is 0 Å². The van der Waals surface area contributed by atoms with Crippen LogP contribution in [0.5, 0.6) is 28.7 Å². The van der Waals surface area contributed by atoms with Crippen LogP contribution in [0.1, 0.15) is 0 Å². The topological polar surface area (TPSA) is 103 Å². The van der Waals surface area contributed by atoms with Crippen LogP contribution in [0.2, 0.25) is 0 Å². The molecule has 0 aliphatic carbocycles. The molecule has 204 valence electrons. The van der Waals surface area contributed by atoms with Gasteiger partial charge in [0.1, 0.15) is 28.7 Å². The van der Waals surface area contributed by atoms with Crippen molar-refractivity contribution in [2.45, 2.75) is 5.51 Å². The molecule has 0 fully saturated rings. The average Bonchev–Trinajstić information content (AvgIpc) is 2.89. The van der Waals surface area contributed by atoms with Gasteiger partial charge >= 0.3 is 5.51 Å². The van der Waals surface area contributed by atoms with E-state index in [-0.39, 0.29) is 0 Å². The van der Waals surface area contributed by atoms with E-state index in [9.17, 15) is 13.2 Å². The molecule has 38 heavy (non-hydrogen) atoms. The van der Waals surface area contributed by atoms with Crippen LogP contribution in [-0.2, 0) is 10.1 Å². The SMILES string of the molecule is COc1ccc(-c2c3c(OC)cc(OC)cc3[s+]c3cc(OC)cc(OC)c23)cc1.O=S(=O)([O-])C(F)(F)F. The molecule has 0 aliphatic rings. The summed E-state index contributed by atoms with van der Waals surface area (Å²) in [6.07, 6.45) is 0. The Hall–Kier alpha value is -3.55. The first kappa shape index (κ1) is 29.0. The second-order valence-corrected chi connectivity index (χ2v) is 9.97. The molecular formula is C25H23F3O8S2. The van der Waals surface area contributed by atoms with Crippen LogP contribution >= 0.6 is 11.3 Å². The number of hydrogen-bond donors (Lipinski definition) is 0. The van der Waals surface area contributed by atoms with Gasteiger partial charge in [0.05, 0.1) is 46.3 Å². The molecule has 3 aromatic carbocycles. The number of rotatable bonds is 6. The summed E-state index contributed by atoms with van der Waals surface area (Å²) in [6, 6.07) is 15.9. The number of hydrogen-bond acceptors (Lipinski definition) is 8. The number of alkyl halides is 3. The Labute approximate surface area is 220 Å². The van der Waals surface area contributed by atoms with Gasteiger partial charge in [-0.2, -0.15) is 13.2 Å². The monoisotopic (exact) mass is 572 g/mol. The first-order valence-electron chi connectivity index (χ1n) is 10.6. The quantitative estimate of drug-likeness (QED) is 0.118. The van der Waals surface area contributed by atoms with E-state index in [2.05, 4.69) is 0 Å².